The van der Waals surface area contributed by atoms with Crippen LogP contribution in [0.3, 0.4) is 0 Å². The standard InChI is InChI=1S/C21H22F2N2O3/c1-11-7-24(10-21(11)3-4-21)18-15(23)5-13-17(20(18)28-2)25(16-6-14(16)22)8-12(9-26)19(13)27/h5,8-9,11,14,16H,3-4,6-7,10H2,1-2H3/t11?,14-,16+/m0/s1. The number of nitrogens with zero attached hydrogens (tertiary/aromatic N) is 2. The number of anilines is 1. The highest BCUT2D eigenvalue weighted by atomic mass is 19.1. The lowest BCUT2D eigenvalue weighted by Crippen LogP contribution is -2.24. The number of hydrogen-bond acceptors (Lipinski definition) is 4. The molecule has 3 fully saturated rings. The Labute approximate surface area is 160 Å². The second-order valence-corrected chi connectivity index (χ2v) is 8.54. The molecule has 7 heteroatoms. The summed E-state index contributed by atoms with van der Waals surface area (Å²) >= 11 is 0. The van der Waals surface area contributed by atoms with E-state index in [0.29, 0.717) is 36.4 Å². The Morgan fingerprint density at radius 1 is 1.36 bits per heavy atom. The van der Waals surface area contributed by atoms with Gasteiger partial charge in [0.1, 0.15) is 11.9 Å². The number of pyridine rings is 1. The zero-order valence-corrected chi connectivity index (χ0v) is 15.9. The van der Waals surface area contributed by atoms with Gasteiger partial charge in [-0.3, -0.25) is 9.59 Å². The predicted octanol–water partition coefficient (Wildman–Crippen LogP) is 3.48. The Balaban J connectivity index is 1.78. The molecule has 0 N–H and O–H groups in total. The van der Waals surface area contributed by atoms with Gasteiger partial charge >= 0.3 is 0 Å². The maximum atomic E-state index is 15.2. The van der Waals surface area contributed by atoms with Crippen LogP contribution in [0.4, 0.5) is 14.5 Å². The lowest BCUT2D eigenvalue weighted by molar-refractivity contribution is 0.112. The van der Waals surface area contributed by atoms with Crippen LogP contribution in [0.2, 0.25) is 0 Å². The Kier molecular flexibility index (Phi) is 3.64. The fraction of sp³-hybridized carbons (Fsp3) is 0.524. The van der Waals surface area contributed by atoms with Crippen LogP contribution in [0.1, 0.15) is 42.6 Å². The SMILES string of the molecule is COc1c(N2CC(C)C3(CC3)C2)c(F)cc2c(=O)c(C=O)cn([C@@H]3C[C@@H]3F)c12. The van der Waals surface area contributed by atoms with Crippen molar-refractivity contribution in [3.05, 3.63) is 33.9 Å². The van der Waals surface area contributed by atoms with E-state index in [0.717, 1.165) is 19.4 Å². The average Bonchev–Trinajstić information content (AvgIpc) is 3.57. The molecule has 1 saturated heterocycles. The van der Waals surface area contributed by atoms with Gasteiger partial charge in [-0.15, -0.1) is 0 Å². The summed E-state index contributed by atoms with van der Waals surface area (Å²) in [5.41, 5.74) is 0.272. The van der Waals surface area contributed by atoms with Crippen molar-refractivity contribution in [2.45, 2.75) is 38.4 Å². The first kappa shape index (κ1) is 17.6. The van der Waals surface area contributed by atoms with Gasteiger partial charge in [0, 0.05) is 25.7 Å². The van der Waals surface area contributed by atoms with Crippen LogP contribution >= 0.6 is 0 Å². The van der Waals surface area contributed by atoms with Gasteiger partial charge in [-0.25, -0.2) is 8.78 Å². The van der Waals surface area contributed by atoms with E-state index in [4.69, 9.17) is 4.74 Å². The summed E-state index contributed by atoms with van der Waals surface area (Å²) in [6.45, 7) is 3.64. The van der Waals surface area contributed by atoms with Crippen molar-refractivity contribution >= 4 is 22.9 Å². The number of ether oxygens (including phenoxy) is 1. The number of methoxy groups -OCH3 is 1. The molecular weight excluding hydrogens is 366 g/mol. The number of alkyl halides is 1. The molecule has 1 aromatic carbocycles. The molecule has 148 valence electrons. The third-order valence-electron chi connectivity index (χ3n) is 6.85. The zero-order valence-electron chi connectivity index (χ0n) is 15.9. The van der Waals surface area contributed by atoms with Crippen LogP contribution in [0, 0.1) is 17.2 Å². The van der Waals surface area contributed by atoms with E-state index in [1.807, 2.05) is 4.90 Å². The Morgan fingerprint density at radius 3 is 2.61 bits per heavy atom. The van der Waals surface area contributed by atoms with Gasteiger partial charge in [-0.2, -0.15) is 0 Å². The van der Waals surface area contributed by atoms with Gasteiger partial charge < -0.3 is 14.2 Å². The van der Waals surface area contributed by atoms with Crippen molar-refractivity contribution in [3.63, 3.8) is 0 Å². The molecule has 2 heterocycles. The largest absolute Gasteiger partial charge is 0.492 e. The summed E-state index contributed by atoms with van der Waals surface area (Å²) < 4.78 is 36.3. The van der Waals surface area contributed by atoms with Crippen LogP contribution < -0.4 is 15.1 Å². The maximum absolute atomic E-state index is 15.2. The van der Waals surface area contributed by atoms with E-state index >= 15 is 4.39 Å². The summed E-state index contributed by atoms with van der Waals surface area (Å²) in [6, 6.07) is 0.707. The number of benzene rings is 1. The Morgan fingerprint density at radius 2 is 2.07 bits per heavy atom. The Bertz CT molecular complexity index is 1060. The molecule has 3 atom stereocenters. The van der Waals surface area contributed by atoms with Gasteiger partial charge in [0.25, 0.3) is 0 Å². The van der Waals surface area contributed by atoms with Crippen molar-refractivity contribution in [2.24, 2.45) is 11.3 Å². The van der Waals surface area contributed by atoms with Crippen LogP contribution in [-0.2, 0) is 0 Å². The van der Waals surface area contributed by atoms with E-state index in [1.54, 1.807) is 4.57 Å². The third kappa shape index (κ3) is 2.34. The van der Waals surface area contributed by atoms with Crippen molar-refractivity contribution in [2.75, 3.05) is 25.1 Å². The monoisotopic (exact) mass is 388 g/mol. The number of fused-ring (bicyclic) bond motifs is 1. The average molecular weight is 388 g/mol. The minimum atomic E-state index is -1.05. The second kappa shape index (κ2) is 5.78. The smallest absolute Gasteiger partial charge is 0.200 e. The summed E-state index contributed by atoms with van der Waals surface area (Å²) in [5, 5.41) is 0.0511. The van der Waals surface area contributed by atoms with Gasteiger partial charge in [0.05, 0.1) is 29.6 Å². The van der Waals surface area contributed by atoms with E-state index in [2.05, 4.69) is 6.92 Å². The summed E-state index contributed by atoms with van der Waals surface area (Å²) in [7, 11) is 1.44. The lowest BCUT2D eigenvalue weighted by Gasteiger charge is -2.24. The third-order valence-corrected chi connectivity index (χ3v) is 6.85. The number of aromatic nitrogens is 1. The molecular formula is C21H22F2N2O3. The van der Waals surface area contributed by atoms with E-state index in [1.165, 1.54) is 19.4 Å². The van der Waals surface area contributed by atoms with Crippen molar-refractivity contribution in [1.29, 1.82) is 0 Å². The highest BCUT2D eigenvalue weighted by molar-refractivity contribution is 5.94. The molecule has 1 unspecified atom stereocenters. The summed E-state index contributed by atoms with van der Waals surface area (Å²) in [4.78, 5) is 26.0. The van der Waals surface area contributed by atoms with Crippen LogP contribution in [0.25, 0.3) is 10.9 Å². The van der Waals surface area contributed by atoms with Crippen LogP contribution in [0.15, 0.2) is 17.1 Å². The minimum Gasteiger partial charge on any atom is -0.492 e. The summed E-state index contributed by atoms with van der Waals surface area (Å²) in [6.07, 6.45) is 3.34. The number of carbonyl (C=O) groups is 1. The molecule has 5 nitrogen and oxygen atoms in total. The van der Waals surface area contributed by atoms with Crippen LogP contribution in [0.5, 0.6) is 5.75 Å². The van der Waals surface area contributed by atoms with Gasteiger partial charge in [-0.05, 0) is 30.2 Å². The molecule has 2 saturated carbocycles. The molecule has 1 aliphatic heterocycles. The van der Waals surface area contributed by atoms with E-state index in [-0.39, 0.29) is 22.1 Å². The van der Waals surface area contributed by atoms with Gasteiger partial charge in [-0.1, -0.05) is 6.92 Å². The number of hydrogen-bond donors (Lipinski definition) is 0. The zero-order chi connectivity index (χ0) is 19.8. The highest BCUT2D eigenvalue weighted by Crippen LogP contribution is 2.58. The molecule has 3 aliphatic rings. The molecule has 1 spiro atoms. The fourth-order valence-corrected chi connectivity index (χ4v) is 4.84. The molecule has 0 bridgehead atoms. The van der Waals surface area contributed by atoms with Crippen molar-refractivity contribution in [1.82, 2.24) is 4.57 Å². The molecule has 28 heavy (non-hydrogen) atoms. The molecule has 2 aromatic rings. The first-order valence-corrected chi connectivity index (χ1v) is 9.69. The molecule has 0 radical (unpaired) electrons. The Hall–Kier alpha value is -2.44. The van der Waals surface area contributed by atoms with Gasteiger partial charge in [0.15, 0.2) is 23.3 Å². The van der Waals surface area contributed by atoms with Crippen molar-refractivity contribution < 1.29 is 18.3 Å². The maximum Gasteiger partial charge on any atom is 0.200 e. The quantitative estimate of drug-likeness (QED) is 0.753. The first-order chi connectivity index (χ1) is 13.4. The van der Waals surface area contributed by atoms with Crippen LogP contribution in [-0.4, -0.2) is 37.2 Å². The fourth-order valence-electron chi connectivity index (χ4n) is 4.84. The van der Waals surface area contributed by atoms with Crippen molar-refractivity contribution in [3.8, 4) is 5.75 Å². The summed E-state index contributed by atoms with van der Waals surface area (Å²) in [5.74, 6) is 0.146. The first-order valence-electron chi connectivity index (χ1n) is 9.69. The topological polar surface area (TPSA) is 51.5 Å². The van der Waals surface area contributed by atoms with Gasteiger partial charge in [0.2, 0.25) is 0 Å². The molecule has 2 aliphatic carbocycles. The number of rotatable bonds is 4. The van der Waals surface area contributed by atoms with E-state index in [9.17, 15) is 14.0 Å². The lowest BCUT2D eigenvalue weighted by atomic mass is 9.95. The normalized spacial score (nSPS) is 27.4. The molecule has 1 aromatic heterocycles. The second-order valence-electron chi connectivity index (χ2n) is 8.54. The molecule has 0 amide bonds. The predicted molar refractivity (Wildman–Crippen MR) is 102 cm³/mol. The number of carbonyl (C=O) groups excluding carboxylic acids is 1. The molecule has 5 rings (SSSR count). The minimum absolute atomic E-state index is 0.0511. The number of halogens is 2. The number of aldehydes is 1. The highest BCUT2D eigenvalue weighted by Gasteiger charge is 2.53. The van der Waals surface area contributed by atoms with E-state index < -0.39 is 23.5 Å².